The van der Waals surface area contributed by atoms with E-state index in [4.69, 9.17) is 0 Å². The molecule has 28 heavy (non-hydrogen) atoms. The SMILES string of the molecule is CCCCC1=[C-]CC(CC)=C1.CCCCC1=[C-]CC(CC)=C1.C[Si](C)=[Hf+2].[Cl-].[Cl-]. The second-order valence-electron chi connectivity index (χ2n) is 7.28. The molecular weight excluding hydrogens is 566 g/mol. The first-order valence-electron chi connectivity index (χ1n) is 10.6. The van der Waals surface area contributed by atoms with E-state index in [9.17, 15) is 0 Å². The minimum absolute atomic E-state index is 0. The van der Waals surface area contributed by atoms with Gasteiger partial charge in [-0.3, -0.25) is 12.2 Å². The monoisotopic (exact) mass is 606 g/mol. The van der Waals surface area contributed by atoms with Crippen molar-refractivity contribution in [1.29, 1.82) is 0 Å². The van der Waals surface area contributed by atoms with Crippen molar-refractivity contribution in [1.82, 2.24) is 0 Å². The molecule has 0 amide bonds. The van der Waals surface area contributed by atoms with Crippen LogP contribution in [-0.4, -0.2) is 5.49 Å². The molecule has 0 saturated heterocycles. The van der Waals surface area contributed by atoms with E-state index in [0.29, 0.717) is 0 Å². The van der Waals surface area contributed by atoms with Crippen LogP contribution in [-0.2, 0) is 23.0 Å². The van der Waals surface area contributed by atoms with Crippen LogP contribution in [0.4, 0.5) is 0 Å². The van der Waals surface area contributed by atoms with Crippen LogP contribution in [0.25, 0.3) is 0 Å². The van der Waals surface area contributed by atoms with Gasteiger partial charge in [0.1, 0.15) is 0 Å². The molecule has 2 aliphatic carbocycles. The Morgan fingerprint density at radius 3 is 1.32 bits per heavy atom. The van der Waals surface area contributed by atoms with Crippen LogP contribution in [0.3, 0.4) is 0 Å². The van der Waals surface area contributed by atoms with Gasteiger partial charge in [-0.05, 0) is 0 Å². The van der Waals surface area contributed by atoms with E-state index in [0.717, 1.165) is 12.8 Å². The fourth-order valence-corrected chi connectivity index (χ4v) is 2.66. The van der Waals surface area contributed by atoms with Gasteiger partial charge < -0.3 is 24.8 Å². The molecular formula is C24H40Cl2HfSi-2. The zero-order valence-corrected chi connectivity index (χ0v) is 25.1. The number of hydrogen-bond acceptors (Lipinski definition) is 0. The maximum absolute atomic E-state index is 3.42. The van der Waals surface area contributed by atoms with Gasteiger partial charge in [-0.1, -0.05) is 79.1 Å². The molecule has 0 N–H and O–H groups in total. The van der Waals surface area contributed by atoms with Crippen LogP contribution in [0, 0.1) is 12.2 Å². The van der Waals surface area contributed by atoms with E-state index in [1.54, 1.807) is 11.1 Å². The van der Waals surface area contributed by atoms with Gasteiger partial charge in [0.25, 0.3) is 0 Å². The van der Waals surface area contributed by atoms with Crippen LogP contribution >= 0.6 is 0 Å². The van der Waals surface area contributed by atoms with E-state index < -0.39 is 0 Å². The molecule has 0 atom stereocenters. The summed E-state index contributed by atoms with van der Waals surface area (Å²) < 4.78 is 0. The smallest absolute Gasteiger partial charge is 1.00 e. The Morgan fingerprint density at radius 1 is 0.786 bits per heavy atom. The molecule has 0 aromatic heterocycles. The summed E-state index contributed by atoms with van der Waals surface area (Å²) in [4.78, 5) is 0. The standard InChI is InChI=1S/2C11H17.C2H6Si.2ClH.Hf/c2*1-3-5-6-11-8-7-10(4-2)9-11;1-3-2;;;/h2*9H,3-7H2,1-2H3;1-2H3;2*1H;/q2*-1;;;;+2/p-2. The summed E-state index contributed by atoms with van der Waals surface area (Å²) in [6, 6.07) is 0. The molecule has 0 nitrogen and oxygen atoms in total. The fourth-order valence-electron chi connectivity index (χ4n) is 2.66. The fraction of sp³-hybridized carbons (Fsp3) is 0.667. The molecule has 0 spiro atoms. The molecule has 0 bridgehead atoms. The first-order chi connectivity index (χ1) is 12.5. The van der Waals surface area contributed by atoms with Gasteiger partial charge in [-0.2, -0.15) is 11.1 Å². The van der Waals surface area contributed by atoms with Crippen molar-refractivity contribution < 1.29 is 47.8 Å². The first kappa shape index (κ1) is 33.3. The quantitative estimate of drug-likeness (QED) is 0.294. The molecule has 160 valence electrons. The Kier molecular flexibility index (Phi) is 26.5. The normalized spacial score (nSPS) is 14.0. The van der Waals surface area contributed by atoms with Crippen molar-refractivity contribution >= 4 is 5.49 Å². The predicted octanol–water partition coefficient (Wildman–Crippen LogP) is 2.08. The summed E-state index contributed by atoms with van der Waals surface area (Å²) in [5, 5.41) is 0. The molecule has 0 fully saturated rings. The maximum Gasteiger partial charge on any atom is -1.00 e. The molecule has 0 aromatic carbocycles. The zero-order chi connectivity index (χ0) is 19.8. The summed E-state index contributed by atoms with van der Waals surface area (Å²) in [6.45, 7) is 13.6. The third kappa shape index (κ3) is 18.6. The van der Waals surface area contributed by atoms with Crippen molar-refractivity contribution in [3.8, 4) is 0 Å². The zero-order valence-electron chi connectivity index (χ0n) is 19.0. The van der Waals surface area contributed by atoms with Gasteiger partial charge in [-0.15, -0.1) is 12.8 Å². The van der Waals surface area contributed by atoms with Gasteiger partial charge in [-0.25, -0.2) is 23.3 Å². The third-order valence-corrected chi connectivity index (χ3v) is 4.35. The van der Waals surface area contributed by atoms with Gasteiger partial charge in [0.05, 0.1) is 0 Å². The van der Waals surface area contributed by atoms with Gasteiger partial charge in [0.2, 0.25) is 0 Å². The van der Waals surface area contributed by atoms with Crippen molar-refractivity contribution in [2.24, 2.45) is 0 Å². The molecule has 0 saturated carbocycles. The molecule has 0 radical (unpaired) electrons. The maximum atomic E-state index is 3.42. The van der Waals surface area contributed by atoms with Crippen LogP contribution in [0.5, 0.6) is 0 Å². The number of hydrogen-bond donors (Lipinski definition) is 0. The van der Waals surface area contributed by atoms with Crippen LogP contribution < -0.4 is 24.8 Å². The van der Waals surface area contributed by atoms with Crippen LogP contribution in [0.2, 0.25) is 13.1 Å². The summed E-state index contributed by atoms with van der Waals surface area (Å²) in [5.74, 6) is 0. The van der Waals surface area contributed by atoms with E-state index in [1.807, 2.05) is 0 Å². The predicted molar refractivity (Wildman–Crippen MR) is 116 cm³/mol. The van der Waals surface area contributed by atoms with Crippen LogP contribution in [0.15, 0.2) is 34.4 Å². The Hall–Kier alpha value is 0.627. The summed E-state index contributed by atoms with van der Waals surface area (Å²) in [5.41, 5.74) is 6.26. The summed E-state index contributed by atoms with van der Waals surface area (Å²) in [6.07, 6.45) is 23.8. The Bertz CT molecular complexity index is 485. The summed E-state index contributed by atoms with van der Waals surface area (Å²) >= 11 is 1.45. The van der Waals surface area contributed by atoms with Gasteiger partial charge in [0, 0.05) is 0 Å². The Balaban J connectivity index is -0.000000355. The van der Waals surface area contributed by atoms with Crippen molar-refractivity contribution in [2.75, 3.05) is 0 Å². The molecule has 0 aromatic rings. The average molecular weight is 606 g/mol. The second kappa shape index (κ2) is 22.3. The number of rotatable bonds is 8. The Morgan fingerprint density at radius 2 is 1.11 bits per heavy atom. The minimum atomic E-state index is 0. The third-order valence-electron chi connectivity index (χ3n) is 4.35. The van der Waals surface area contributed by atoms with E-state index in [1.165, 1.54) is 85.5 Å². The number of allylic oxidation sites excluding steroid dienone is 8. The summed E-state index contributed by atoms with van der Waals surface area (Å²) in [7, 11) is 0. The molecule has 0 unspecified atom stereocenters. The van der Waals surface area contributed by atoms with Crippen molar-refractivity contribution in [3.63, 3.8) is 0 Å². The molecule has 4 heteroatoms. The topological polar surface area (TPSA) is 0 Å². The molecule has 0 heterocycles. The average Bonchev–Trinajstić information content (AvgIpc) is 3.27. The molecule has 0 aliphatic heterocycles. The van der Waals surface area contributed by atoms with E-state index in [-0.39, 0.29) is 30.3 Å². The molecule has 2 aliphatic rings. The van der Waals surface area contributed by atoms with Crippen LogP contribution in [0.1, 0.15) is 91.9 Å². The largest absolute Gasteiger partial charge is 1.00 e. The number of halogens is 2. The van der Waals surface area contributed by atoms with E-state index in [2.05, 4.69) is 65.1 Å². The van der Waals surface area contributed by atoms with Gasteiger partial charge >= 0.3 is 41.6 Å². The van der Waals surface area contributed by atoms with Crippen molar-refractivity contribution in [3.05, 3.63) is 46.6 Å². The second-order valence-corrected chi connectivity index (χ2v) is 20.1. The first-order valence-corrected chi connectivity index (χ1v) is 18.5. The van der Waals surface area contributed by atoms with E-state index >= 15 is 0 Å². The van der Waals surface area contributed by atoms with Gasteiger partial charge in [0.15, 0.2) is 0 Å². The number of unbranched alkanes of at least 4 members (excludes halogenated alkanes) is 2. The van der Waals surface area contributed by atoms with Crippen molar-refractivity contribution in [2.45, 2.75) is 105 Å². The Labute approximate surface area is 203 Å². The minimum Gasteiger partial charge on any atom is -1.00 e. The molecule has 2 rings (SSSR count).